The van der Waals surface area contributed by atoms with E-state index in [0.717, 1.165) is 4.47 Å². The third kappa shape index (κ3) is 5.21. The van der Waals surface area contributed by atoms with E-state index in [-0.39, 0.29) is 22.8 Å². The molecule has 1 amide bonds. The van der Waals surface area contributed by atoms with Crippen LogP contribution in [0.5, 0.6) is 0 Å². The molecule has 1 unspecified atom stereocenters. The molecule has 3 rings (SSSR count). The Kier molecular flexibility index (Phi) is 6.40. The Bertz CT molecular complexity index is 970. The van der Waals surface area contributed by atoms with E-state index in [2.05, 4.69) is 31.2 Å². The fourth-order valence-electron chi connectivity index (χ4n) is 3.15. The number of carbonyl (C=O) groups is 1. The van der Waals surface area contributed by atoms with Crippen LogP contribution in [0.3, 0.4) is 0 Å². The molecule has 0 bridgehead atoms. The van der Waals surface area contributed by atoms with Gasteiger partial charge in [-0.3, -0.25) is 4.79 Å². The van der Waals surface area contributed by atoms with Gasteiger partial charge in [0.25, 0.3) is 0 Å². The largest absolute Gasteiger partial charge is 0.323 e. The molecule has 9 heteroatoms. The van der Waals surface area contributed by atoms with E-state index in [1.165, 1.54) is 4.31 Å². The summed E-state index contributed by atoms with van der Waals surface area (Å²) in [6.45, 7) is 6.62. The zero-order valence-electron chi connectivity index (χ0n) is 16.7. The predicted molar refractivity (Wildman–Crippen MR) is 115 cm³/mol. The van der Waals surface area contributed by atoms with Crippen LogP contribution in [0.2, 0.25) is 0 Å². The number of sulfonamides is 1. The third-order valence-electron chi connectivity index (χ3n) is 4.80. The van der Waals surface area contributed by atoms with E-state index in [1.807, 2.05) is 20.8 Å². The first-order valence-corrected chi connectivity index (χ1v) is 11.7. The summed E-state index contributed by atoms with van der Waals surface area (Å²) in [5, 5.41) is 2.82. The molecule has 0 aliphatic carbocycles. The van der Waals surface area contributed by atoms with E-state index in [1.54, 1.807) is 36.7 Å². The summed E-state index contributed by atoms with van der Waals surface area (Å²) in [4.78, 5) is 21.6. The summed E-state index contributed by atoms with van der Waals surface area (Å²) in [5.41, 5.74) is 0.337. The molecular weight excluding hydrogens is 456 g/mol. The van der Waals surface area contributed by atoms with Crippen molar-refractivity contribution >= 4 is 37.5 Å². The molecule has 156 valence electrons. The molecule has 1 N–H and O–H groups in total. The number of hydrogen-bond acceptors (Lipinski definition) is 5. The summed E-state index contributed by atoms with van der Waals surface area (Å²) >= 11 is 3.31. The van der Waals surface area contributed by atoms with Gasteiger partial charge in [0.05, 0.1) is 28.9 Å². The normalized spacial score (nSPS) is 18.4. The Labute approximate surface area is 180 Å². The van der Waals surface area contributed by atoms with Crippen LogP contribution in [0.1, 0.15) is 39.4 Å². The lowest BCUT2D eigenvalue weighted by Gasteiger charge is -2.31. The van der Waals surface area contributed by atoms with Crippen molar-refractivity contribution in [3.63, 3.8) is 0 Å². The lowest BCUT2D eigenvalue weighted by atomic mass is 9.96. The van der Waals surface area contributed by atoms with Gasteiger partial charge >= 0.3 is 0 Å². The number of nitrogens with zero attached hydrogens (tertiary/aromatic N) is 3. The maximum atomic E-state index is 12.9. The Morgan fingerprint density at radius 3 is 2.38 bits per heavy atom. The van der Waals surface area contributed by atoms with Crippen molar-refractivity contribution < 1.29 is 13.2 Å². The number of carbonyl (C=O) groups excluding carboxylic acids is 1. The minimum atomic E-state index is -3.63. The number of aromatic nitrogens is 2. The minimum Gasteiger partial charge on any atom is -0.323 e. The lowest BCUT2D eigenvalue weighted by molar-refractivity contribution is -0.120. The summed E-state index contributed by atoms with van der Waals surface area (Å²) < 4.78 is 28.0. The molecule has 1 aromatic carbocycles. The van der Waals surface area contributed by atoms with Crippen LogP contribution in [0.15, 0.2) is 46.0 Å². The molecule has 29 heavy (non-hydrogen) atoms. The van der Waals surface area contributed by atoms with Gasteiger partial charge in [0.2, 0.25) is 15.9 Å². The van der Waals surface area contributed by atoms with Crippen LogP contribution in [0.4, 0.5) is 5.69 Å². The van der Waals surface area contributed by atoms with Crippen LogP contribution < -0.4 is 5.32 Å². The monoisotopic (exact) mass is 480 g/mol. The van der Waals surface area contributed by atoms with Gasteiger partial charge in [-0.05, 0) is 37.1 Å². The number of amides is 1. The van der Waals surface area contributed by atoms with Crippen molar-refractivity contribution in [1.29, 1.82) is 0 Å². The summed E-state index contributed by atoms with van der Waals surface area (Å²) in [6.07, 6.45) is 4.45. The zero-order chi connectivity index (χ0) is 21.2. The number of piperidine rings is 1. The molecule has 0 spiro atoms. The first kappa shape index (κ1) is 21.9. The zero-order valence-corrected chi connectivity index (χ0v) is 19.1. The molecular formula is C20H25BrN4O3S. The maximum Gasteiger partial charge on any atom is 0.243 e. The van der Waals surface area contributed by atoms with Crippen LogP contribution in [-0.2, 0) is 20.2 Å². The van der Waals surface area contributed by atoms with E-state index in [4.69, 9.17) is 0 Å². The first-order valence-electron chi connectivity index (χ1n) is 9.46. The van der Waals surface area contributed by atoms with Gasteiger partial charge in [-0.15, -0.1) is 0 Å². The highest BCUT2D eigenvalue weighted by Gasteiger charge is 2.33. The topological polar surface area (TPSA) is 92.3 Å². The van der Waals surface area contributed by atoms with E-state index >= 15 is 0 Å². The van der Waals surface area contributed by atoms with Crippen LogP contribution in [0, 0.1) is 5.92 Å². The van der Waals surface area contributed by atoms with Crippen molar-refractivity contribution in [2.45, 2.75) is 43.9 Å². The molecule has 1 aromatic heterocycles. The Balaban J connectivity index is 1.68. The van der Waals surface area contributed by atoms with Gasteiger partial charge in [0, 0.05) is 23.0 Å². The molecule has 1 aliphatic heterocycles. The molecule has 1 fully saturated rings. The van der Waals surface area contributed by atoms with E-state index < -0.39 is 15.9 Å². The number of rotatable bonds is 4. The minimum absolute atomic E-state index is 0.158. The van der Waals surface area contributed by atoms with Gasteiger partial charge in [0.1, 0.15) is 5.82 Å². The average molecular weight is 481 g/mol. The van der Waals surface area contributed by atoms with Crippen LogP contribution in [-0.4, -0.2) is 41.7 Å². The third-order valence-corrected chi connectivity index (χ3v) is 7.20. The first-order chi connectivity index (χ1) is 13.6. The van der Waals surface area contributed by atoms with E-state index in [0.29, 0.717) is 30.9 Å². The summed E-state index contributed by atoms with van der Waals surface area (Å²) in [5.74, 6) is 0.0593. The van der Waals surface area contributed by atoms with Crippen molar-refractivity contribution in [2.75, 3.05) is 18.4 Å². The Morgan fingerprint density at radius 1 is 1.17 bits per heavy atom. The number of halogens is 1. The van der Waals surface area contributed by atoms with Gasteiger partial charge < -0.3 is 5.32 Å². The molecule has 1 saturated heterocycles. The van der Waals surface area contributed by atoms with Gasteiger partial charge in [-0.1, -0.05) is 36.7 Å². The summed E-state index contributed by atoms with van der Waals surface area (Å²) in [6, 6.07) is 6.53. The van der Waals surface area contributed by atoms with Gasteiger partial charge in [-0.2, -0.15) is 4.31 Å². The van der Waals surface area contributed by atoms with Crippen molar-refractivity contribution in [3.8, 4) is 0 Å². The fourth-order valence-corrected chi connectivity index (χ4v) is 4.94. The number of nitrogens with one attached hydrogen (secondary N) is 1. The highest BCUT2D eigenvalue weighted by Crippen LogP contribution is 2.26. The van der Waals surface area contributed by atoms with E-state index in [9.17, 15) is 13.2 Å². The molecule has 7 nitrogen and oxygen atoms in total. The second-order valence-electron chi connectivity index (χ2n) is 8.19. The molecule has 0 saturated carbocycles. The second kappa shape index (κ2) is 8.49. The van der Waals surface area contributed by atoms with Crippen molar-refractivity contribution in [3.05, 3.63) is 47.0 Å². The highest BCUT2D eigenvalue weighted by molar-refractivity contribution is 9.10. The second-order valence-corrected chi connectivity index (χ2v) is 11.0. The van der Waals surface area contributed by atoms with Gasteiger partial charge in [0.15, 0.2) is 0 Å². The maximum absolute atomic E-state index is 12.9. The Morgan fingerprint density at radius 2 is 1.79 bits per heavy atom. The van der Waals surface area contributed by atoms with Crippen molar-refractivity contribution in [2.24, 2.45) is 5.92 Å². The molecule has 2 heterocycles. The number of hydrogen-bond donors (Lipinski definition) is 1. The van der Waals surface area contributed by atoms with Gasteiger partial charge in [-0.25, -0.2) is 18.4 Å². The fraction of sp³-hybridized carbons (Fsp3) is 0.450. The van der Waals surface area contributed by atoms with Crippen LogP contribution >= 0.6 is 15.9 Å². The Hall–Kier alpha value is -1.84. The van der Waals surface area contributed by atoms with Crippen molar-refractivity contribution in [1.82, 2.24) is 14.3 Å². The molecule has 1 aliphatic rings. The lowest BCUT2D eigenvalue weighted by Crippen LogP contribution is -2.43. The standard InChI is InChI=1S/C20H25BrN4O3S/c1-20(2,3)19-22-11-16(12-23-19)24-18(26)14-5-4-10-25(13-14)29(27,28)17-8-6-15(21)7-9-17/h6-9,11-12,14H,4-5,10,13H2,1-3H3,(H,24,26). The number of anilines is 1. The molecule has 0 radical (unpaired) electrons. The predicted octanol–water partition coefficient (Wildman–Crippen LogP) is 3.58. The average Bonchev–Trinajstić information content (AvgIpc) is 2.68. The highest BCUT2D eigenvalue weighted by atomic mass is 79.9. The quantitative estimate of drug-likeness (QED) is 0.721. The SMILES string of the molecule is CC(C)(C)c1ncc(NC(=O)C2CCCN(S(=O)(=O)c3ccc(Br)cc3)C2)cn1. The summed E-state index contributed by atoms with van der Waals surface area (Å²) in [7, 11) is -3.63. The molecule has 2 aromatic rings. The number of benzene rings is 1. The molecule has 1 atom stereocenters. The van der Waals surface area contributed by atoms with Crippen LogP contribution in [0.25, 0.3) is 0 Å². The smallest absolute Gasteiger partial charge is 0.243 e.